The molecule has 3 N–H and O–H groups in total. The number of hydrogen-bond acceptors (Lipinski definition) is 4. The van der Waals surface area contributed by atoms with E-state index in [0.29, 0.717) is 17.1 Å². The second-order valence-electron chi connectivity index (χ2n) is 4.90. The van der Waals surface area contributed by atoms with Crippen LogP contribution in [-0.4, -0.2) is 12.7 Å². The lowest BCUT2D eigenvalue weighted by Crippen LogP contribution is -2.15. The number of para-hydroxylation sites is 1. The van der Waals surface area contributed by atoms with Crippen LogP contribution in [0, 0.1) is 0 Å². The van der Waals surface area contributed by atoms with Crippen molar-refractivity contribution in [3.8, 4) is 11.5 Å². The second kappa shape index (κ2) is 5.46. The Morgan fingerprint density at radius 1 is 1.19 bits per heavy atom. The van der Waals surface area contributed by atoms with Crippen LogP contribution in [0.25, 0.3) is 0 Å². The molecule has 2 aromatic carbocycles. The summed E-state index contributed by atoms with van der Waals surface area (Å²) < 4.78 is 10.5. The molecule has 1 heterocycles. The Labute approximate surface area is 122 Å². The fourth-order valence-corrected chi connectivity index (χ4v) is 2.24. The van der Waals surface area contributed by atoms with Crippen molar-refractivity contribution in [3.05, 3.63) is 53.6 Å². The molecule has 1 unspecified atom stereocenters. The summed E-state index contributed by atoms with van der Waals surface area (Å²) in [6.07, 6.45) is 0. The van der Waals surface area contributed by atoms with Crippen molar-refractivity contribution in [2.75, 3.05) is 12.1 Å². The van der Waals surface area contributed by atoms with Gasteiger partial charge in [-0.15, -0.1) is 0 Å². The minimum atomic E-state index is -0.207. The maximum atomic E-state index is 12.3. The van der Waals surface area contributed by atoms with Crippen LogP contribution < -0.4 is 20.5 Å². The Morgan fingerprint density at radius 3 is 2.76 bits per heavy atom. The number of nitrogens with two attached hydrogens (primary N) is 1. The van der Waals surface area contributed by atoms with Gasteiger partial charge in [-0.2, -0.15) is 0 Å². The van der Waals surface area contributed by atoms with Crippen molar-refractivity contribution >= 4 is 11.6 Å². The smallest absolute Gasteiger partial charge is 0.255 e. The SMILES string of the molecule is CC(N)c1ccccc1NC(=O)c1ccc2c(c1)OCO2. The van der Waals surface area contributed by atoms with E-state index >= 15 is 0 Å². The molecule has 5 nitrogen and oxygen atoms in total. The zero-order valence-electron chi connectivity index (χ0n) is 11.6. The molecule has 0 aromatic heterocycles. The molecule has 0 bridgehead atoms. The molecule has 1 amide bonds. The predicted octanol–water partition coefficient (Wildman–Crippen LogP) is 2.69. The minimum Gasteiger partial charge on any atom is -0.454 e. The number of amides is 1. The number of anilines is 1. The third-order valence-electron chi connectivity index (χ3n) is 3.33. The Hall–Kier alpha value is -2.53. The standard InChI is InChI=1S/C16H16N2O3/c1-10(17)12-4-2-3-5-13(12)18-16(19)11-6-7-14-15(8-11)21-9-20-14/h2-8,10H,9,17H2,1H3,(H,18,19). The summed E-state index contributed by atoms with van der Waals surface area (Å²) in [7, 11) is 0. The number of carbonyl (C=O) groups excluding carboxylic acids is 1. The fourth-order valence-electron chi connectivity index (χ4n) is 2.24. The molecule has 0 radical (unpaired) electrons. The van der Waals surface area contributed by atoms with Gasteiger partial charge in [0, 0.05) is 17.3 Å². The molecule has 1 aliphatic rings. The van der Waals surface area contributed by atoms with Crippen LogP contribution in [0.3, 0.4) is 0 Å². The average Bonchev–Trinajstić information content (AvgIpc) is 2.94. The van der Waals surface area contributed by atoms with Crippen molar-refractivity contribution in [2.45, 2.75) is 13.0 Å². The van der Waals surface area contributed by atoms with Crippen LogP contribution in [0.15, 0.2) is 42.5 Å². The van der Waals surface area contributed by atoms with E-state index < -0.39 is 0 Å². The van der Waals surface area contributed by atoms with E-state index in [1.54, 1.807) is 18.2 Å². The van der Waals surface area contributed by atoms with E-state index in [1.807, 2.05) is 31.2 Å². The van der Waals surface area contributed by atoms with Gasteiger partial charge >= 0.3 is 0 Å². The Bertz CT molecular complexity index is 683. The first-order chi connectivity index (χ1) is 10.1. The molecule has 0 saturated carbocycles. The number of nitrogens with one attached hydrogen (secondary N) is 1. The number of fused-ring (bicyclic) bond motifs is 1. The summed E-state index contributed by atoms with van der Waals surface area (Å²) in [4.78, 5) is 12.3. The van der Waals surface area contributed by atoms with Crippen molar-refractivity contribution in [1.82, 2.24) is 0 Å². The summed E-state index contributed by atoms with van der Waals surface area (Å²) in [6.45, 7) is 2.07. The Balaban J connectivity index is 1.84. The largest absolute Gasteiger partial charge is 0.454 e. The summed E-state index contributed by atoms with van der Waals surface area (Å²) >= 11 is 0. The number of rotatable bonds is 3. The van der Waals surface area contributed by atoms with Gasteiger partial charge in [-0.25, -0.2) is 0 Å². The molecule has 5 heteroatoms. The first-order valence-corrected chi connectivity index (χ1v) is 6.70. The summed E-state index contributed by atoms with van der Waals surface area (Å²) in [5, 5.41) is 2.88. The number of benzene rings is 2. The highest BCUT2D eigenvalue weighted by molar-refractivity contribution is 6.05. The third kappa shape index (κ3) is 2.68. The molecule has 21 heavy (non-hydrogen) atoms. The van der Waals surface area contributed by atoms with Crippen molar-refractivity contribution in [2.24, 2.45) is 5.73 Å². The normalized spacial score (nSPS) is 13.8. The second-order valence-corrected chi connectivity index (χ2v) is 4.90. The lowest BCUT2D eigenvalue weighted by Gasteiger charge is -2.13. The van der Waals surface area contributed by atoms with E-state index in [1.165, 1.54) is 0 Å². The van der Waals surface area contributed by atoms with Gasteiger partial charge in [0.2, 0.25) is 6.79 Å². The van der Waals surface area contributed by atoms with Crippen LogP contribution in [0.5, 0.6) is 11.5 Å². The van der Waals surface area contributed by atoms with Gasteiger partial charge in [0.15, 0.2) is 11.5 Å². The van der Waals surface area contributed by atoms with Gasteiger partial charge in [-0.05, 0) is 36.8 Å². The summed E-state index contributed by atoms with van der Waals surface area (Å²) in [6, 6.07) is 12.5. The molecule has 1 atom stereocenters. The first kappa shape index (κ1) is 13.5. The van der Waals surface area contributed by atoms with Crippen molar-refractivity contribution in [3.63, 3.8) is 0 Å². The van der Waals surface area contributed by atoms with E-state index in [-0.39, 0.29) is 18.7 Å². The summed E-state index contributed by atoms with van der Waals surface area (Å²) in [5.41, 5.74) is 8.04. The van der Waals surface area contributed by atoms with Crippen LogP contribution in [-0.2, 0) is 0 Å². The molecule has 1 aliphatic heterocycles. The zero-order chi connectivity index (χ0) is 14.8. The molecule has 0 saturated heterocycles. The number of ether oxygens (including phenoxy) is 2. The zero-order valence-corrected chi connectivity index (χ0v) is 11.6. The van der Waals surface area contributed by atoms with Gasteiger partial charge in [-0.1, -0.05) is 18.2 Å². The highest BCUT2D eigenvalue weighted by Gasteiger charge is 2.17. The monoisotopic (exact) mass is 284 g/mol. The number of hydrogen-bond donors (Lipinski definition) is 2. The fraction of sp³-hybridized carbons (Fsp3) is 0.188. The Morgan fingerprint density at radius 2 is 1.95 bits per heavy atom. The van der Waals surface area contributed by atoms with E-state index in [2.05, 4.69) is 5.32 Å². The predicted molar refractivity (Wildman–Crippen MR) is 79.6 cm³/mol. The van der Waals surface area contributed by atoms with Crippen molar-refractivity contribution < 1.29 is 14.3 Å². The molecular formula is C16H16N2O3. The highest BCUT2D eigenvalue weighted by atomic mass is 16.7. The lowest BCUT2D eigenvalue weighted by molar-refractivity contribution is 0.102. The maximum absolute atomic E-state index is 12.3. The van der Waals surface area contributed by atoms with E-state index in [4.69, 9.17) is 15.2 Å². The molecule has 108 valence electrons. The molecule has 2 aromatic rings. The van der Waals surface area contributed by atoms with Gasteiger partial charge in [-0.3, -0.25) is 4.79 Å². The third-order valence-corrected chi connectivity index (χ3v) is 3.33. The highest BCUT2D eigenvalue weighted by Crippen LogP contribution is 2.32. The van der Waals surface area contributed by atoms with Crippen molar-refractivity contribution in [1.29, 1.82) is 0 Å². The van der Waals surface area contributed by atoms with Gasteiger partial charge in [0.1, 0.15) is 0 Å². The summed E-state index contributed by atoms with van der Waals surface area (Å²) in [5.74, 6) is 1.03. The average molecular weight is 284 g/mol. The van der Waals surface area contributed by atoms with Crippen LogP contribution in [0.1, 0.15) is 28.9 Å². The topological polar surface area (TPSA) is 73.6 Å². The maximum Gasteiger partial charge on any atom is 0.255 e. The van der Waals surface area contributed by atoms with Gasteiger partial charge in [0.05, 0.1) is 0 Å². The number of carbonyl (C=O) groups is 1. The van der Waals surface area contributed by atoms with Crippen LogP contribution in [0.2, 0.25) is 0 Å². The first-order valence-electron chi connectivity index (χ1n) is 6.70. The van der Waals surface area contributed by atoms with E-state index in [0.717, 1.165) is 11.3 Å². The van der Waals surface area contributed by atoms with Gasteiger partial charge in [0.25, 0.3) is 5.91 Å². The molecule has 3 rings (SSSR count). The van der Waals surface area contributed by atoms with E-state index in [9.17, 15) is 4.79 Å². The Kier molecular flexibility index (Phi) is 3.50. The quantitative estimate of drug-likeness (QED) is 0.908. The van der Waals surface area contributed by atoms with Gasteiger partial charge < -0.3 is 20.5 Å². The lowest BCUT2D eigenvalue weighted by atomic mass is 10.1. The molecule has 0 aliphatic carbocycles. The molecular weight excluding hydrogens is 268 g/mol. The van der Waals surface area contributed by atoms with Crippen LogP contribution in [0.4, 0.5) is 5.69 Å². The molecule has 0 spiro atoms. The van der Waals surface area contributed by atoms with Crippen LogP contribution >= 0.6 is 0 Å². The minimum absolute atomic E-state index is 0.154. The molecule has 0 fully saturated rings.